The number of carbonyl (C=O) groups is 3. The third-order valence-corrected chi connectivity index (χ3v) is 7.56. The number of rotatable bonds is 5. The van der Waals surface area contributed by atoms with Gasteiger partial charge in [0.05, 0.1) is 11.3 Å². The highest BCUT2D eigenvalue weighted by Gasteiger charge is 2.36. The lowest BCUT2D eigenvalue weighted by molar-refractivity contribution is -0.161. The van der Waals surface area contributed by atoms with Crippen LogP contribution >= 0.6 is 0 Å². The van der Waals surface area contributed by atoms with Crippen LogP contribution in [0.2, 0.25) is 0 Å². The van der Waals surface area contributed by atoms with Gasteiger partial charge in [-0.1, -0.05) is 30.3 Å². The summed E-state index contributed by atoms with van der Waals surface area (Å²) in [6.45, 7) is 2.01. The van der Waals surface area contributed by atoms with Crippen molar-refractivity contribution >= 4 is 27.6 Å². The standard InChI is InChI=1S/C25H29N3O5S/c1-34(32,33)22-10-8-19(9-11-22)18-23(29)27-14-5-15-28(27)25(31)21-12-16-26(17-13-21)24(30)20-6-3-2-4-7-20/h2-4,6-11,21H,5,12-18H2,1H3. The Hall–Kier alpha value is -3.20. The normalized spacial score (nSPS) is 17.1. The van der Waals surface area contributed by atoms with Gasteiger partial charge in [0.25, 0.3) is 5.91 Å². The van der Waals surface area contributed by atoms with Gasteiger partial charge in [0, 0.05) is 43.9 Å². The van der Waals surface area contributed by atoms with Crippen molar-refractivity contribution in [1.29, 1.82) is 0 Å². The molecule has 2 aromatic rings. The van der Waals surface area contributed by atoms with Crippen molar-refractivity contribution in [3.05, 3.63) is 65.7 Å². The SMILES string of the molecule is CS(=O)(=O)c1ccc(CC(=O)N2CCCN2C(=O)C2CCN(C(=O)c3ccccc3)CC2)cc1. The topological polar surface area (TPSA) is 95.1 Å². The van der Waals surface area contributed by atoms with Gasteiger partial charge in [0.1, 0.15) is 0 Å². The first-order valence-electron chi connectivity index (χ1n) is 11.5. The van der Waals surface area contributed by atoms with E-state index in [1.807, 2.05) is 18.2 Å². The molecule has 3 amide bonds. The van der Waals surface area contributed by atoms with Crippen molar-refractivity contribution < 1.29 is 22.8 Å². The molecule has 0 aromatic heterocycles. The second-order valence-corrected chi connectivity index (χ2v) is 10.9. The van der Waals surface area contributed by atoms with Crippen LogP contribution < -0.4 is 0 Å². The minimum atomic E-state index is -3.29. The molecule has 2 aliphatic heterocycles. The Bertz CT molecular complexity index is 1160. The number of hydrogen-bond acceptors (Lipinski definition) is 5. The summed E-state index contributed by atoms with van der Waals surface area (Å²) in [4.78, 5) is 40.8. The molecule has 180 valence electrons. The van der Waals surface area contributed by atoms with Crippen LogP contribution in [0, 0.1) is 5.92 Å². The number of likely N-dealkylation sites (tertiary alicyclic amines) is 1. The van der Waals surface area contributed by atoms with Gasteiger partial charge in [0.2, 0.25) is 11.8 Å². The van der Waals surface area contributed by atoms with E-state index >= 15 is 0 Å². The Kier molecular flexibility index (Phi) is 7.02. The zero-order valence-corrected chi connectivity index (χ0v) is 20.0. The quantitative estimate of drug-likeness (QED) is 0.650. The summed E-state index contributed by atoms with van der Waals surface area (Å²) in [5.41, 5.74) is 1.34. The van der Waals surface area contributed by atoms with Crippen molar-refractivity contribution in [1.82, 2.24) is 14.9 Å². The first kappa shape index (κ1) is 23.9. The molecule has 8 nitrogen and oxygen atoms in total. The Balaban J connectivity index is 1.34. The van der Waals surface area contributed by atoms with Gasteiger partial charge in [-0.25, -0.2) is 8.42 Å². The average Bonchev–Trinajstić information content (AvgIpc) is 3.34. The highest BCUT2D eigenvalue weighted by Crippen LogP contribution is 2.24. The molecule has 0 spiro atoms. The Morgan fingerprint density at radius 1 is 0.853 bits per heavy atom. The summed E-state index contributed by atoms with van der Waals surface area (Å²) in [5, 5.41) is 3.08. The zero-order valence-electron chi connectivity index (χ0n) is 19.2. The van der Waals surface area contributed by atoms with Gasteiger partial charge in [-0.05, 0) is 49.1 Å². The van der Waals surface area contributed by atoms with Crippen molar-refractivity contribution in [2.45, 2.75) is 30.6 Å². The van der Waals surface area contributed by atoms with E-state index in [1.165, 1.54) is 17.1 Å². The lowest BCUT2D eigenvalue weighted by Crippen LogP contribution is -2.50. The fourth-order valence-electron chi connectivity index (χ4n) is 4.52. The predicted octanol–water partition coefficient (Wildman–Crippen LogP) is 2.16. The molecule has 0 saturated carbocycles. The van der Waals surface area contributed by atoms with Crippen LogP contribution in [-0.4, -0.2) is 73.5 Å². The molecule has 2 aromatic carbocycles. The summed E-state index contributed by atoms with van der Waals surface area (Å²) in [7, 11) is -3.29. The fraction of sp³-hybridized carbons (Fsp3) is 0.400. The van der Waals surface area contributed by atoms with Crippen LogP contribution in [0.3, 0.4) is 0 Å². The molecule has 2 heterocycles. The van der Waals surface area contributed by atoms with Crippen molar-refractivity contribution in [2.24, 2.45) is 5.92 Å². The van der Waals surface area contributed by atoms with Crippen LogP contribution in [0.1, 0.15) is 35.2 Å². The van der Waals surface area contributed by atoms with Gasteiger partial charge in [-0.2, -0.15) is 0 Å². The van der Waals surface area contributed by atoms with Gasteiger partial charge >= 0.3 is 0 Å². The number of hydrazine groups is 1. The average molecular weight is 484 g/mol. The molecule has 0 unspecified atom stereocenters. The summed E-state index contributed by atoms with van der Waals surface area (Å²) in [6, 6.07) is 15.4. The molecule has 34 heavy (non-hydrogen) atoms. The minimum Gasteiger partial charge on any atom is -0.339 e. The highest BCUT2D eigenvalue weighted by molar-refractivity contribution is 7.90. The molecule has 0 atom stereocenters. The second-order valence-electron chi connectivity index (χ2n) is 8.86. The lowest BCUT2D eigenvalue weighted by Gasteiger charge is -2.35. The van der Waals surface area contributed by atoms with E-state index in [0.29, 0.717) is 50.1 Å². The fourth-order valence-corrected chi connectivity index (χ4v) is 5.15. The molecule has 2 saturated heterocycles. The number of carbonyl (C=O) groups excluding carboxylic acids is 3. The Morgan fingerprint density at radius 3 is 2.09 bits per heavy atom. The van der Waals surface area contributed by atoms with E-state index < -0.39 is 9.84 Å². The Labute approximate surface area is 200 Å². The molecular weight excluding hydrogens is 454 g/mol. The predicted molar refractivity (Wildman–Crippen MR) is 126 cm³/mol. The molecular formula is C25H29N3O5S. The molecule has 2 aliphatic rings. The molecule has 4 rings (SSSR count). The molecule has 0 aliphatic carbocycles. The maximum atomic E-state index is 13.2. The van der Waals surface area contributed by atoms with Crippen molar-refractivity contribution in [2.75, 3.05) is 32.4 Å². The van der Waals surface area contributed by atoms with Gasteiger partial charge < -0.3 is 4.90 Å². The first-order valence-corrected chi connectivity index (χ1v) is 13.4. The number of sulfone groups is 1. The number of nitrogens with zero attached hydrogens (tertiary/aromatic N) is 3. The smallest absolute Gasteiger partial charge is 0.253 e. The van der Waals surface area contributed by atoms with E-state index in [2.05, 4.69) is 0 Å². The molecule has 2 fully saturated rings. The lowest BCUT2D eigenvalue weighted by atomic mass is 9.95. The van der Waals surface area contributed by atoms with Crippen LogP contribution in [-0.2, 0) is 25.8 Å². The van der Waals surface area contributed by atoms with Crippen LogP contribution in [0.5, 0.6) is 0 Å². The van der Waals surface area contributed by atoms with Crippen molar-refractivity contribution in [3.8, 4) is 0 Å². The van der Waals surface area contributed by atoms with Crippen LogP contribution in [0.4, 0.5) is 0 Å². The first-order chi connectivity index (χ1) is 16.2. The number of benzene rings is 2. The molecule has 0 bridgehead atoms. The van der Waals surface area contributed by atoms with E-state index in [4.69, 9.17) is 0 Å². The monoisotopic (exact) mass is 483 g/mol. The Morgan fingerprint density at radius 2 is 1.47 bits per heavy atom. The van der Waals surface area contributed by atoms with Gasteiger partial charge in [0.15, 0.2) is 9.84 Å². The number of piperidine rings is 1. The molecule has 0 radical (unpaired) electrons. The summed E-state index contributed by atoms with van der Waals surface area (Å²) >= 11 is 0. The van der Waals surface area contributed by atoms with Crippen LogP contribution in [0.15, 0.2) is 59.5 Å². The summed E-state index contributed by atoms with van der Waals surface area (Å²) < 4.78 is 23.3. The van der Waals surface area contributed by atoms with Gasteiger partial charge in [-0.15, -0.1) is 0 Å². The van der Waals surface area contributed by atoms with E-state index in [-0.39, 0.29) is 35.0 Å². The number of hydrogen-bond donors (Lipinski definition) is 0. The zero-order chi connectivity index (χ0) is 24.3. The van der Waals surface area contributed by atoms with Gasteiger partial charge in [-0.3, -0.25) is 24.4 Å². The third kappa shape index (κ3) is 5.30. The minimum absolute atomic E-state index is 0.0219. The second kappa shape index (κ2) is 9.97. The summed E-state index contributed by atoms with van der Waals surface area (Å²) in [6.07, 6.45) is 3.10. The van der Waals surface area contributed by atoms with E-state index in [1.54, 1.807) is 34.2 Å². The summed E-state index contributed by atoms with van der Waals surface area (Å²) in [5.74, 6) is -0.492. The molecule has 0 N–H and O–H groups in total. The van der Waals surface area contributed by atoms with Crippen LogP contribution in [0.25, 0.3) is 0 Å². The third-order valence-electron chi connectivity index (χ3n) is 6.43. The number of amides is 3. The maximum Gasteiger partial charge on any atom is 0.253 e. The highest BCUT2D eigenvalue weighted by atomic mass is 32.2. The van der Waals surface area contributed by atoms with Crippen molar-refractivity contribution in [3.63, 3.8) is 0 Å². The van der Waals surface area contributed by atoms with E-state index in [9.17, 15) is 22.8 Å². The van der Waals surface area contributed by atoms with E-state index in [0.717, 1.165) is 12.7 Å². The largest absolute Gasteiger partial charge is 0.339 e. The maximum absolute atomic E-state index is 13.2. The molecule has 9 heteroatoms.